The molecule has 0 atom stereocenters. The summed E-state index contributed by atoms with van der Waals surface area (Å²) < 4.78 is 33.5. The zero-order valence-electron chi connectivity index (χ0n) is 11.6. The first-order chi connectivity index (χ1) is 10.1. The van der Waals surface area contributed by atoms with Crippen LogP contribution in [0.4, 0.5) is 8.78 Å². The van der Waals surface area contributed by atoms with Crippen molar-refractivity contribution in [2.24, 2.45) is 0 Å². The summed E-state index contributed by atoms with van der Waals surface area (Å²) in [5.41, 5.74) is 0.433. The van der Waals surface area contributed by atoms with Crippen LogP contribution in [0.2, 0.25) is 0 Å². The highest BCUT2D eigenvalue weighted by atomic mass is 79.9. The van der Waals surface area contributed by atoms with Gasteiger partial charge >= 0.3 is 0 Å². The van der Waals surface area contributed by atoms with Gasteiger partial charge in [0.2, 0.25) is 0 Å². The van der Waals surface area contributed by atoms with E-state index >= 15 is 0 Å². The molecule has 0 aliphatic rings. The minimum atomic E-state index is -0.407. The summed E-state index contributed by atoms with van der Waals surface area (Å²) in [5, 5.41) is 3.14. The van der Waals surface area contributed by atoms with Crippen LogP contribution in [0, 0.1) is 11.6 Å². The molecule has 0 aliphatic heterocycles. The molecule has 5 heteroatoms. The summed E-state index contributed by atoms with van der Waals surface area (Å²) in [6.07, 6.45) is 0.958. The van der Waals surface area contributed by atoms with E-state index in [1.807, 2.05) is 6.92 Å². The Labute approximate surface area is 131 Å². The van der Waals surface area contributed by atoms with Crippen molar-refractivity contribution in [1.82, 2.24) is 5.32 Å². The lowest BCUT2D eigenvalue weighted by Gasteiger charge is -2.13. The Kier molecular flexibility index (Phi) is 5.70. The van der Waals surface area contributed by atoms with Crippen molar-refractivity contribution >= 4 is 15.9 Å². The third kappa shape index (κ3) is 4.25. The SMILES string of the molecule is CCCNCc1c(F)cccc1Oc1cc(F)ccc1Br. The summed E-state index contributed by atoms with van der Waals surface area (Å²) in [7, 11) is 0. The minimum Gasteiger partial charge on any atom is -0.456 e. The predicted octanol–water partition coefficient (Wildman–Crippen LogP) is 5.02. The summed E-state index contributed by atoms with van der Waals surface area (Å²) in [6.45, 7) is 3.19. The number of rotatable bonds is 6. The van der Waals surface area contributed by atoms with Crippen LogP contribution in [-0.4, -0.2) is 6.54 Å². The fourth-order valence-corrected chi connectivity index (χ4v) is 2.20. The number of benzene rings is 2. The fourth-order valence-electron chi connectivity index (χ4n) is 1.87. The van der Waals surface area contributed by atoms with Gasteiger partial charge in [-0.25, -0.2) is 8.78 Å². The number of hydrogen-bond acceptors (Lipinski definition) is 2. The summed E-state index contributed by atoms with van der Waals surface area (Å²) in [6, 6.07) is 8.77. The standard InChI is InChI=1S/C16H16BrF2NO/c1-2-8-20-10-12-14(19)4-3-5-15(12)21-16-9-11(18)6-7-13(16)17/h3-7,9,20H,2,8,10H2,1H3. The van der Waals surface area contributed by atoms with E-state index in [0.29, 0.717) is 28.1 Å². The summed E-state index contributed by atoms with van der Waals surface area (Å²) in [5.74, 6) is -0.0545. The molecule has 0 aromatic heterocycles. The van der Waals surface area contributed by atoms with Crippen molar-refractivity contribution in [2.75, 3.05) is 6.54 Å². The van der Waals surface area contributed by atoms with Crippen molar-refractivity contribution in [3.8, 4) is 11.5 Å². The van der Waals surface area contributed by atoms with Crippen LogP contribution in [0.1, 0.15) is 18.9 Å². The maximum absolute atomic E-state index is 14.0. The highest BCUT2D eigenvalue weighted by Gasteiger charge is 2.12. The Hall–Kier alpha value is -1.46. The van der Waals surface area contributed by atoms with Gasteiger partial charge in [0.25, 0.3) is 0 Å². The second-order valence-corrected chi connectivity index (χ2v) is 5.42. The van der Waals surface area contributed by atoms with Crippen molar-refractivity contribution in [1.29, 1.82) is 0 Å². The molecule has 2 rings (SSSR count). The van der Waals surface area contributed by atoms with Crippen LogP contribution < -0.4 is 10.1 Å². The summed E-state index contributed by atoms with van der Waals surface area (Å²) >= 11 is 3.29. The molecule has 21 heavy (non-hydrogen) atoms. The lowest BCUT2D eigenvalue weighted by atomic mass is 10.2. The molecule has 0 aliphatic carbocycles. The van der Waals surface area contributed by atoms with Gasteiger partial charge < -0.3 is 10.1 Å². The zero-order chi connectivity index (χ0) is 15.2. The van der Waals surface area contributed by atoms with Gasteiger partial charge in [-0.05, 0) is 53.2 Å². The van der Waals surface area contributed by atoms with Gasteiger partial charge in [-0.2, -0.15) is 0 Å². The molecule has 112 valence electrons. The third-order valence-corrected chi connectivity index (χ3v) is 3.57. The Bertz CT molecular complexity index is 619. The van der Waals surface area contributed by atoms with E-state index < -0.39 is 5.82 Å². The maximum Gasteiger partial charge on any atom is 0.144 e. The zero-order valence-corrected chi connectivity index (χ0v) is 13.2. The topological polar surface area (TPSA) is 21.3 Å². The lowest BCUT2D eigenvalue weighted by molar-refractivity contribution is 0.455. The molecule has 1 N–H and O–H groups in total. The Balaban J connectivity index is 2.26. The van der Waals surface area contributed by atoms with Gasteiger partial charge in [-0.15, -0.1) is 0 Å². The fraction of sp³-hybridized carbons (Fsp3) is 0.250. The van der Waals surface area contributed by atoms with Gasteiger partial charge in [-0.1, -0.05) is 13.0 Å². The van der Waals surface area contributed by atoms with Crippen molar-refractivity contribution in [2.45, 2.75) is 19.9 Å². The van der Waals surface area contributed by atoms with Crippen LogP contribution in [0.3, 0.4) is 0 Å². The van der Waals surface area contributed by atoms with Crippen molar-refractivity contribution < 1.29 is 13.5 Å². The van der Waals surface area contributed by atoms with Crippen LogP contribution in [0.25, 0.3) is 0 Å². The van der Waals surface area contributed by atoms with Gasteiger partial charge in [0.15, 0.2) is 0 Å². The Morgan fingerprint density at radius 1 is 1.14 bits per heavy atom. The largest absolute Gasteiger partial charge is 0.456 e. The second-order valence-electron chi connectivity index (χ2n) is 4.57. The van der Waals surface area contributed by atoms with E-state index in [4.69, 9.17) is 4.74 Å². The van der Waals surface area contributed by atoms with Crippen LogP contribution in [-0.2, 0) is 6.54 Å². The first kappa shape index (κ1) is 15.9. The van der Waals surface area contributed by atoms with Crippen molar-refractivity contribution in [3.63, 3.8) is 0 Å². The van der Waals surface area contributed by atoms with Crippen LogP contribution in [0.5, 0.6) is 11.5 Å². The molecule has 0 saturated heterocycles. The number of halogens is 3. The number of nitrogens with one attached hydrogen (secondary N) is 1. The molecule has 0 fully saturated rings. The highest BCUT2D eigenvalue weighted by Crippen LogP contribution is 2.32. The normalized spacial score (nSPS) is 10.7. The minimum absolute atomic E-state index is 0.317. The van der Waals surface area contributed by atoms with E-state index in [2.05, 4.69) is 21.2 Å². The molecule has 0 bridgehead atoms. The van der Waals surface area contributed by atoms with E-state index in [9.17, 15) is 8.78 Å². The molecule has 0 saturated carbocycles. The molecule has 0 heterocycles. The monoisotopic (exact) mass is 355 g/mol. The van der Waals surface area contributed by atoms with E-state index in [0.717, 1.165) is 13.0 Å². The first-order valence-electron chi connectivity index (χ1n) is 6.73. The first-order valence-corrected chi connectivity index (χ1v) is 7.52. The molecule has 2 aromatic carbocycles. The molecule has 2 nitrogen and oxygen atoms in total. The van der Waals surface area contributed by atoms with Gasteiger partial charge in [-0.3, -0.25) is 0 Å². The van der Waals surface area contributed by atoms with Crippen LogP contribution in [0.15, 0.2) is 40.9 Å². The van der Waals surface area contributed by atoms with Gasteiger partial charge in [0.1, 0.15) is 23.1 Å². The molecule has 0 unspecified atom stereocenters. The number of ether oxygens (including phenoxy) is 1. The number of hydrogen-bond donors (Lipinski definition) is 1. The average Bonchev–Trinajstić information content (AvgIpc) is 2.46. The third-order valence-electron chi connectivity index (χ3n) is 2.92. The molecule has 2 aromatic rings. The molecule has 0 spiro atoms. The van der Waals surface area contributed by atoms with Gasteiger partial charge in [0, 0.05) is 18.2 Å². The summed E-state index contributed by atoms with van der Waals surface area (Å²) in [4.78, 5) is 0. The molecule has 0 radical (unpaired) electrons. The van der Waals surface area contributed by atoms with E-state index in [1.165, 1.54) is 18.2 Å². The molecular weight excluding hydrogens is 340 g/mol. The van der Waals surface area contributed by atoms with Gasteiger partial charge in [0.05, 0.1) is 4.47 Å². The quantitative estimate of drug-likeness (QED) is 0.734. The average molecular weight is 356 g/mol. The Morgan fingerprint density at radius 2 is 1.95 bits per heavy atom. The van der Waals surface area contributed by atoms with Crippen LogP contribution >= 0.6 is 15.9 Å². The molecular formula is C16H16BrF2NO. The lowest BCUT2D eigenvalue weighted by Crippen LogP contribution is -2.15. The predicted molar refractivity (Wildman–Crippen MR) is 82.6 cm³/mol. The smallest absolute Gasteiger partial charge is 0.144 e. The maximum atomic E-state index is 14.0. The molecule has 0 amide bonds. The highest BCUT2D eigenvalue weighted by molar-refractivity contribution is 9.10. The van der Waals surface area contributed by atoms with E-state index in [-0.39, 0.29) is 5.82 Å². The van der Waals surface area contributed by atoms with Crippen molar-refractivity contribution in [3.05, 3.63) is 58.1 Å². The second kappa shape index (κ2) is 7.52. The van der Waals surface area contributed by atoms with E-state index in [1.54, 1.807) is 18.2 Å². The Morgan fingerprint density at radius 3 is 2.71 bits per heavy atom.